The van der Waals surface area contributed by atoms with Crippen molar-refractivity contribution in [2.45, 2.75) is 17.6 Å². The zero-order valence-corrected chi connectivity index (χ0v) is 13.9. The number of halogens is 3. The van der Waals surface area contributed by atoms with Gasteiger partial charge in [-0.05, 0) is 42.0 Å². The number of rotatable bonds is 5. The zero-order chi connectivity index (χ0) is 18.0. The number of methoxy groups -OCH3 is 1. The van der Waals surface area contributed by atoms with Crippen molar-refractivity contribution in [3.8, 4) is 5.75 Å². The topological polar surface area (TPSA) is 46.6 Å². The summed E-state index contributed by atoms with van der Waals surface area (Å²) >= 11 is 0. The Morgan fingerprint density at radius 2 is 1.71 bits per heavy atom. The molecule has 0 spiro atoms. The van der Waals surface area contributed by atoms with Crippen molar-refractivity contribution in [1.82, 2.24) is 4.31 Å². The lowest BCUT2D eigenvalue weighted by atomic mass is 10.2. The number of hydrogen-bond donors (Lipinski definition) is 0. The fourth-order valence-corrected chi connectivity index (χ4v) is 3.27. The first kappa shape index (κ1) is 18.3. The van der Waals surface area contributed by atoms with Crippen molar-refractivity contribution in [2.24, 2.45) is 0 Å². The van der Waals surface area contributed by atoms with Crippen LogP contribution >= 0.6 is 0 Å². The third kappa shape index (κ3) is 4.07. The fraction of sp³-hybridized carbons (Fsp3) is 0.250. The van der Waals surface area contributed by atoms with Gasteiger partial charge in [-0.1, -0.05) is 12.1 Å². The Labute approximate surface area is 138 Å². The molecule has 0 saturated heterocycles. The molecule has 0 atom stereocenters. The van der Waals surface area contributed by atoms with Gasteiger partial charge in [0, 0.05) is 13.6 Å². The number of nitrogens with zero attached hydrogens (tertiary/aromatic N) is 1. The molecule has 0 saturated carbocycles. The Hall–Kier alpha value is -2.06. The van der Waals surface area contributed by atoms with Crippen LogP contribution in [0.15, 0.2) is 53.4 Å². The molecule has 0 unspecified atom stereocenters. The first-order valence-electron chi connectivity index (χ1n) is 6.91. The second-order valence-electron chi connectivity index (χ2n) is 5.13. The highest BCUT2D eigenvalue weighted by atomic mass is 32.2. The van der Waals surface area contributed by atoms with E-state index in [0.29, 0.717) is 11.3 Å². The van der Waals surface area contributed by atoms with Crippen molar-refractivity contribution in [2.75, 3.05) is 14.2 Å². The Balaban J connectivity index is 2.22. The van der Waals surface area contributed by atoms with Crippen LogP contribution in [0.1, 0.15) is 11.1 Å². The van der Waals surface area contributed by atoms with Crippen LogP contribution in [0.4, 0.5) is 13.2 Å². The lowest BCUT2D eigenvalue weighted by Gasteiger charge is -2.18. The van der Waals surface area contributed by atoms with E-state index in [9.17, 15) is 21.6 Å². The number of ether oxygens (including phenoxy) is 1. The summed E-state index contributed by atoms with van der Waals surface area (Å²) in [6, 6.07) is 10.3. The second kappa shape index (κ2) is 6.82. The molecular formula is C16H16F3NO3S. The summed E-state index contributed by atoms with van der Waals surface area (Å²) in [6.07, 6.45) is -4.51. The maximum Gasteiger partial charge on any atom is 0.416 e. The van der Waals surface area contributed by atoms with Gasteiger partial charge in [-0.3, -0.25) is 0 Å². The summed E-state index contributed by atoms with van der Waals surface area (Å²) in [5, 5.41) is 0. The van der Waals surface area contributed by atoms with Gasteiger partial charge in [0.25, 0.3) is 0 Å². The molecule has 2 aromatic rings. The minimum atomic E-state index is -4.51. The molecule has 130 valence electrons. The molecule has 2 aromatic carbocycles. The smallest absolute Gasteiger partial charge is 0.416 e. The van der Waals surface area contributed by atoms with Crippen molar-refractivity contribution in [3.05, 3.63) is 59.7 Å². The largest absolute Gasteiger partial charge is 0.497 e. The summed E-state index contributed by atoms with van der Waals surface area (Å²) < 4.78 is 68.8. The Morgan fingerprint density at radius 3 is 2.25 bits per heavy atom. The van der Waals surface area contributed by atoms with E-state index in [0.717, 1.165) is 28.6 Å². The van der Waals surface area contributed by atoms with Gasteiger partial charge in [0.1, 0.15) is 5.75 Å². The molecule has 0 amide bonds. The van der Waals surface area contributed by atoms with E-state index in [2.05, 4.69) is 0 Å². The van der Waals surface area contributed by atoms with Gasteiger partial charge in [0.05, 0.1) is 17.6 Å². The maximum atomic E-state index is 12.6. The molecule has 0 fully saturated rings. The average Bonchev–Trinajstić information content (AvgIpc) is 2.54. The van der Waals surface area contributed by atoms with Crippen LogP contribution in [0.2, 0.25) is 0 Å². The standard InChI is InChI=1S/C16H16F3NO3S/c1-20(11-12-4-3-5-14(10-12)23-2)24(21,22)15-8-6-13(7-9-15)16(17,18)19/h3-10H,11H2,1-2H3. The summed E-state index contributed by atoms with van der Waals surface area (Å²) in [7, 11) is -1.02. The summed E-state index contributed by atoms with van der Waals surface area (Å²) in [5.74, 6) is 0.591. The molecule has 4 nitrogen and oxygen atoms in total. The third-order valence-electron chi connectivity index (χ3n) is 3.43. The van der Waals surface area contributed by atoms with Crippen molar-refractivity contribution in [1.29, 1.82) is 0 Å². The van der Waals surface area contributed by atoms with Gasteiger partial charge < -0.3 is 4.74 Å². The van der Waals surface area contributed by atoms with E-state index in [1.54, 1.807) is 24.3 Å². The highest BCUT2D eigenvalue weighted by molar-refractivity contribution is 7.89. The van der Waals surface area contributed by atoms with E-state index in [1.807, 2.05) is 0 Å². The number of alkyl halides is 3. The average molecular weight is 359 g/mol. The van der Waals surface area contributed by atoms with Crippen LogP contribution in [-0.2, 0) is 22.7 Å². The molecule has 0 bridgehead atoms. The van der Waals surface area contributed by atoms with Gasteiger partial charge in [-0.15, -0.1) is 0 Å². The molecule has 0 aliphatic rings. The van der Waals surface area contributed by atoms with E-state index in [1.165, 1.54) is 14.2 Å². The second-order valence-corrected chi connectivity index (χ2v) is 7.18. The van der Waals surface area contributed by atoms with Crippen molar-refractivity contribution < 1.29 is 26.3 Å². The molecular weight excluding hydrogens is 343 g/mol. The van der Waals surface area contributed by atoms with Crippen molar-refractivity contribution >= 4 is 10.0 Å². The highest BCUT2D eigenvalue weighted by Gasteiger charge is 2.31. The molecule has 8 heteroatoms. The third-order valence-corrected chi connectivity index (χ3v) is 5.25. The van der Waals surface area contributed by atoms with E-state index >= 15 is 0 Å². The quantitative estimate of drug-likeness (QED) is 0.820. The predicted octanol–water partition coefficient (Wildman–Crippen LogP) is 3.53. The predicted molar refractivity (Wildman–Crippen MR) is 83.1 cm³/mol. The van der Waals surface area contributed by atoms with E-state index in [-0.39, 0.29) is 11.4 Å². The molecule has 0 aliphatic carbocycles. The van der Waals surface area contributed by atoms with Crippen LogP contribution in [-0.4, -0.2) is 26.9 Å². The van der Waals surface area contributed by atoms with Gasteiger partial charge >= 0.3 is 6.18 Å². The summed E-state index contributed by atoms with van der Waals surface area (Å²) in [4.78, 5) is -0.194. The Morgan fingerprint density at radius 1 is 1.08 bits per heavy atom. The van der Waals surface area contributed by atoms with Crippen LogP contribution in [0.5, 0.6) is 5.75 Å². The monoisotopic (exact) mass is 359 g/mol. The molecule has 0 N–H and O–H groups in total. The zero-order valence-electron chi connectivity index (χ0n) is 13.0. The minimum absolute atomic E-state index is 0.0700. The number of benzene rings is 2. The Kier molecular flexibility index (Phi) is 5.19. The van der Waals surface area contributed by atoms with Gasteiger partial charge in [0.2, 0.25) is 10.0 Å². The lowest BCUT2D eigenvalue weighted by Crippen LogP contribution is -2.26. The number of sulfonamides is 1. The van der Waals surface area contributed by atoms with Crippen LogP contribution < -0.4 is 4.74 Å². The van der Waals surface area contributed by atoms with Crippen LogP contribution in [0.25, 0.3) is 0 Å². The van der Waals surface area contributed by atoms with E-state index in [4.69, 9.17) is 4.74 Å². The minimum Gasteiger partial charge on any atom is -0.497 e. The Bertz CT molecular complexity index is 802. The van der Waals surface area contributed by atoms with Gasteiger partial charge in [0.15, 0.2) is 0 Å². The lowest BCUT2D eigenvalue weighted by molar-refractivity contribution is -0.137. The summed E-state index contributed by atoms with van der Waals surface area (Å²) in [6.45, 7) is 0.0700. The first-order valence-corrected chi connectivity index (χ1v) is 8.35. The molecule has 2 rings (SSSR count). The maximum absolute atomic E-state index is 12.6. The molecule has 24 heavy (non-hydrogen) atoms. The van der Waals surface area contributed by atoms with Crippen LogP contribution in [0, 0.1) is 0 Å². The molecule has 0 heterocycles. The molecule has 0 radical (unpaired) electrons. The van der Waals surface area contributed by atoms with Gasteiger partial charge in [-0.25, -0.2) is 8.42 Å². The SMILES string of the molecule is COc1cccc(CN(C)S(=O)(=O)c2ccc(C(F)(F)F)cc2)c1. The van der Waals surface area contributed by atoms with Crippen LogP contribution in [0.3, 0.4) is 0 Å². The normalized spacial score (nSPS) is 12.4. The highest BCUT2D eigenvalue weighted by Crippen LogP contribution is 2.30. The first-order chi connectivity index (χ1) is 11.1. The van der Waals surface area contributed by atoms with Crippen molar-refractivity contribution in [3.63, 3.8) is 0 Å². The van der Waals surface area contributed by atoms with Gasteiger partial charge in [-0.2, -0.15) is 17.5 Å². The van der Waals surface area contributed by atoms with E-state index < -0.39 is 21.8 Å². The fourth-order valence-electron chi connectivity index (χ4n) is 2.11. The summed E-state index contributed by atoms with van der Waals surface area (Å²) in [5.41, 5.74) is -0.191. The molecule has 0 aliphatic heterocycles. The molecule has 0 aromatic heterocycles. The number of hydrogen-bond acceptors (Lipinski definition) is 3.